The minimum absolute atomic E-state index is 0.0460. The molecule has 0 spiro atoms. The normalized spacial score (nSPS) is 19.2. The van der Waals surface area contributed by atoms with E-state index in [1.165, 1.54) is 37.7 Å². The highest BCUT2D eigenvalue weighted by molar-refractivity contribution is 6.06. The van der Waals surface area contributed by atoms with Gasteiger partial charge < -0.3 is 19.7 Å². The highest BCUT2D eigenvalue weighted by atomic mass is 16.7. The number of rotatable bonds is 7. The van der Waals surface area contributed by atoms with Crippen LogP contribution in [0.3, 0.4) is 0 Å². The second kappa shape index (κ2) is 10.8. The van der Waals surface area contributed by atoms with Crippen LogP contribution in [0.4, 0.5) is 5.69 Å². The summed E-state index contributed by atoms with van der Waals surface area (Å²) in [5.74, 6) is 2.29. The SMILES string of the molecule is CCn1ncc2c(N[C@H](C)C3CCCCC3)c(C(=O)N3CCN(Cc4ccc5c(c4)OCO5)CC3)cnc21. The number of nitrogens with one attached hydrogen (secondary N) is 1. The van der Waals surface area contributed by atoms with Crippen molar-refractivity contribution in [2.24, 2.45) is 5.92 Å². The molecule has 1 aromatic carbocycles. The van der Waals surface area contributed by atoms with Crippen molar-refractivity contribution in [3.05, 3.63) is 41.7 Å². The Labute approximate surface area is 224 Å². The predicted octanol–water partition coefficient (Wildman–Crippen LogP) is 4.52. The number of piperazine rings is 1. The van der Waals surface area contributed by atoms with E-state index in [4.69, 9.17) is 9.47 Å². The van der Waals surface area contributed by atoms with Gasteiger partial charge in [-0.1, -0.05) is 25.3 Å². The van der Waals surface area contributed by atoms with Gasteiger partial charge in [0.15, 0.2) is 17.1 Å². The standard InChI is InChI=1S/C29H38N6O3/c1-3-35-28-23(17-31-35)27(32-20(2)22-7-5-4-6-8-22)24(16-30-28)29(36)34-13-11-33(12-14-34)18-21-9-10-25-26(15-21)38-19-37-25/h9-10,15-17,20,22H,3-8,11-14,18-19H2,1-2H3,(H,30,32)/t20-/m1/s1. The summed E-state index contributed by atoms with van der Waals surface area (Å²) in [7, 11) is 0. The summed E-state index contributed by atoms with van der Waals surface area (Å²) in [6.45, 7) is 9.20. The first-order valence-electron chi connectivity index (χ1n) is 14.1. The number of hydrogen-bond donors (Lipinski definition) is 1. The molecule has 9 nitrogen and oxygen atoms in total. The van der Waals surface area contributed by atoms with Crippen molar-refractivity contribution in [2.75, 3.05) is 38.3 Å². The van der Waals surface area contributed by atoms with E-state index in [9.17, 15) is 4.79 Å². The number of benzene rings is 1. The van der Waals surface area contributed by atoms with Crippen molar-refractivity contribution < 1.29 is 14.3 Å². The lowest BCUT2D eigenvalue weighted by Crippen LogP contribution is -2.48. The summed E-state index contributed by atoms with van der Waals surface area (Å²) in [5, 5.41) is 9.25. The van der Waals surface area contributed by atoms with Gasteiger partial charge in [0.05, 0.1) is 22.8 Å². The predicted molar refractivity (Wildman–Crippen MR) is 147 cm³/mol. The number of amides is 1. The Morgan fingerprint density at radius 3 is 2.66 bits per heavy atom. The Morgan fingerprint density at radius 1 is 1.08 bits per heavy atom. The molecule has 4 heterocycles. The van der Waals surface area contributed by atoms with Gasteiger partial charge in [-0.05, 0) is 50.3 Å². The van der Waals surface area contributed by atoms with E-state index >= 15 is 0 Å². The molecule has 0 unspecified atom stereocenters. The van der Waals surface area contributed by atoms with E-state index in [0.717, 1.165) is 54.4 Å². The van der Waals surface area contributed by atoms with Crippen LogP contribution in [-0.2, 0) is 13.1 Å². The summed E-state index contributed by atoms with van der Waals surface area (Å²) >= 11 is 0. The second-order valence-corrected chi connectivity index (χ2v) is 10.8. The third-order valence-corrected chi connectivity index (χ3v) is 8.43. The van der Waals surface area contributed by atoms with Crippen molar-refractivity contribution in [1.82, 2.24) is 24.6 Å². The van der Waals surface area contributed by atoms with E-state index < -0.39 is 0 Å². The van der Waals surface area contributed by atoms with Crippen LogP contribution in [0.5, 0.6) is 11.5 Å². The summed E-state index contributed by atoms with van der Waals surface area (Å²) in [4.78, 5) is 22.9. The highest BCUT2D eigenvalue weighted by Crippen LogP contribution is 2.34. The lowest BCUT2D eigenvalue weighted by molar-refractivity contribution is 0.0629. The van der Waals surface area contributed by atoms with Crippen LogP contribution >= 0.6 is 0 Å². The fourth-order valence-electron chi connectivity index (χ4n) is 6.13. The third-order valence-electron chi connectivity index (χ3n) is 8.43. The topological polar surface area (TPSA) is 84.8 Å². The summed E-state index contributed by atoms with van der Waals surface area (Å²) in [5.41, 5.74) is 3.57. The van der Waals surface area contributed by atoms with Crippen molar-refractivity contribution in [3.63, 3.8) is 0 Å². The number of pyridine rings is 1. The van der Waals surface area contributed by atoms with Crippen LogP contribution in [0.15, 0.2) is 30.6 Å². The van der Waals surface area contributed by atoms with Gasteiger partial charge in [0.1, 0.15) is 0 Å². The first-order valence-corrected chi connectivity index (χ1v) is 14.1. The zero-order valence-electron chi connectivity index (χ0n) is 22.5. The largest absolute Gasteiger partial charge is 0.454 e. The Morgan fingerprint density at radius 2 is 1.87 bits per heavy atom. The van der Waals surface area contributed by atoms with Gasteiger partial charge in [-0.15, -0.1) is 0 Å². The summed E-state index contributed by atoms with van der Waals surface area (Å²) in [6.07, 6.45) is 10.0. The molecule has 9 heteroatoms. The zero-order valence-corrected chi connectivity index (χ0v) is 22.5. The van der Waals surface area contributed by atoms with Crippen molar-refractivity contribution in [2.45, 2.75) is 65.1 Å². The molecule has 3 aromatic rings. The minimum Gasteiger partial charge on any atom is -0.454 e. The number of aryl methyl sites for hydroxylation is 1. The fraction of sp³-hybridized carbons (Fsp3) is 0.552. The first kappa shape index (κ1) is 25.0. The molecule has 1 N–H and O–H groups in total. The number of carbonyl (C=O) groups excluding carboxylic acids is 1. The maximum atomic E-state index is 13.9. The first-order chi connectivity index (χ1) is 18.6. The van der Waals surface area contributed by atoms with Gasteiger partial charge in [0.2, 0.25) is 6.79 Å². The lowest BCUT2D eigenvalue weighted by atomic mass is 9.84. The minimum atomic E-state index is 0.0460. The third kappa shape index (κ3) is 4.91. The molecule has 1 aliphatic carbocycles. The molecule has 2 fully saturated rings. The molecule has 3 aliphatic rings. The van der Waals surface area contributed by atoms with Crippen molar-refractivity contribution in [3.8, 4) is 11.5 Å². The molecule has 38 heavy (non-hydrogen) atoms. The lowest BCUT2D eigenvalue weighted by Gasteiger charge is -2.35. The van der Waals surface area contributed by atoms with E-state index in [1.807, 2.05) is 21.8 Å². The Hall–Kier alpha value is -3.33. The summed E-state index contributed by atoms with van der Waals surface area (Å²) < 4.78 is 12.9. The van der Waals surface area contributed by atoms with Crippen LogP contribution < -0.4 is 14.8 Å². The average Bonchev–Trinajstić information content (AvgIpc) is 3.60. The van der Waals surface area contributed by atoms with Gasteiger partial charge in [-0.3, -0.25) is 9.69 Å². The van der Waals surface area contributed by atoms with Crippen LogP contribution in [-0.4, -0.2) is 69.5 Å². The molecule has 1 saturated heterocycles. The summed E-state index contributed by atoms with van der Waals surface area (Å²) in [6, 6.07) is 6.41. The molecule has 2 aliphatic heterocycles. The Bertz CT molecular complexity index is 1290. The van der Waals surface area contributed by atoms with Crippen LogP contribution in [0.2, 0.25) is 0 Å². The molecule has 1 amide bonds. The van der Waals surface area contributed by atoms with Gasteiger partial charge in [0.25, 0.3) is 5.91 Å². The maximum Gasteiger partial charge on any atom is 0.257 e. The number of ether oxygens (including phenoxy) is 2. The average molecular weight is 519 g/mol. The van der Waals surface area contributed by atoms with Gasteiger partial charge in [0, 0.05) is 51.5 Å². The van der Waals surface area contributed by atoms with E-state index in [-0.39, 0.29) is 18.7 Å². The van der Waals surface area contributed by atoms with Crippen LogP contribution in [0.25, 0.3) is 11.0 Å². The molecular formula is C29H38N6O3. The number of fused-ring (bicyclic) bond motifs is 2. The van der Waals surface area contributed by atoms with E-state index in [0.29, 0.717) is 24.6 Å². The number of aromatic nitrogens is 3. The molecule has 2 aromatic heterocycles. The molecule has 1 atom stereocenters. The quantitative estimate of drug-likeness (QED) is 0.492. The highest BCUT2D eigenvalue weighted by Gasteiger charge is 2.28. The monoisotopic (exact) mass is 518 g/mol. The van der Waals surface area contributed by atoms with Gasteiger partial charge in [-0.25, -0.2) is 9.67 Å². The zero-order chi connectivity index (χ0) is 26.1. The van der Waals surface area contributed by atoms with Gasteiger partial charge >= 0.3 is 0 Å². The molecule has 6 rings (SSSR count). The molecule has 0 bridgehead atoms. The second-order valence-electron chi connectivity index (χ2n) is 10.8. The van der Waals surface area contributed by atoms with Crippen LogP contribution in [0.1, 0.15) is 61.9 Å². The fourth-order valence-corrected chi connectivity index (χ4v) is 6.13. The Kier molecular flexibility index (Phi) is 7.10. The molecular weight excluding hydrogens is 480 g/mol. The molecule has 0 radical (unpaired) electrons. The maximum absolute atomic E-state index is 13.9. The molecule has 1 saturated carbocycles. The number of carbonyl (C=O) groups is 1. The number of anilines is 1. The number of hydrogen-bond acceptors (Lipinski definition) is 7. The Balaban J connectivity index is 1.17. The number of nitrogens with zero attached hydrogens (tertiary/aromatic N) is 5. The van der Waals surface area contributed by atoms with Gasteiger partial charge in [-0.2, -0.15) is 5.10 Å². The van der Waals surface area contributed by atoms with Crippen molar-refractivity contribution in [1.29, 1.82) is 0 Å². The molecule has 202 valence electrons. The van der Waals surface area contributed by atoms with E-state index in [2.05, 4.69) is 46.3 Å². The smallest absolute Gasteiger partial charge is 0.257 e. The van der Waals surface area contributed by atoms with Crippen molar-refractivity contribution >= 4 is 22.6 Å². The van der Waals surface area contributed by atoms with Crippen LogP contribution in [0, 0.1) is 5.92 Å². The van der Waals surface area contributed by atoms with E-state index in [1.54, 1.807) is 6.20 Å².